The first kappa shape index (κ1) is 17.0. The van der Waals surface area contributed by atoms with Crippen LogP contribution in [0.3, 0.4) is 0 Å². The summed E-state index contributed by atoms with van der Waals surface area (Å²) in [4.78, 5) is 17.1. The Bertz CT molecular complexity index is 754. The lowest BCUT2D eigenvalue weighted by Crippen LogP contribution is -2.36. The van der Waals surface area contributed by atoms with Gasteiger partial charge in [0.15, 0.2) is 0 Å². The summed E-state index contributed by atoms with van der Waals surface area (Å²) < 4.78 is 26.8. The third-order valence-electron chi connectivity index (χ3n) is 4.34. The Morgan fingerprint density at radius 3 is 2.83 bits per heavy atom. The monoisotopic (exact) mass is 349 g/mol. The fourth-order valence-electron chi connectivity index (χ4n) is 2.72. The summed E-state index contributed by atoms with van der Waals surface area (Å²) >= 11 is 0. The first-order chi connectivity index (χ1) is 11.5. The Morgan fingerprint density at radius 1 is 1.38 bits per heavy atom. The van der Waals surface area contributed by atoms with Crippen molar-refractivity contribution < 1.29 is 13.2 Å². The zero-order valence-electron chi connectivity index (χ0n) is 13.8. The molecule has 3 rings (SSSR count). The summed E-state index contributed by atoms with van der Waals surface area (Å²) in [5.41, 5.74) is 0.536. The average Bonchev–Trinajstić information content (AvgIpc) is 3.35. The van der Waals surface area contributed by atoms with Crippen molar-refractivity contribution in [1.82, 2.24) is 10.0 Å². The molecule has 1 atom stereocenters. The smallest absolute Gasteiger partial charge is 0.263 e. The number of carbonyl (C=O) groups excluding carboxylic acids is 1. The van der Waals surface area contributed by atoms with Crippen LogP contribution < -0.4 is 10.0 Å². The number of carbonyl (C=O) groups is 1. The van der Waals surface area contributed by atoms with E-state index in [1.807, 2.05) is 0 Å². The number of nitrogens with one attached hydrogen (secondary N) is 2. The summed E-state index contributed by atoms with van der Waals surface area (Å²) in [5, 5.41) is 2.95. The molecule has 6 nitrogen and oxygen atoms in total. The number of nitrogens with zero attached hydrogens (tertiary/aromatic N) is 1. The summed E-state index contributed by atoms with van der Waals surface area (Å²) in [6.45, 7) is 2.74. The summed E-state index contributed by atoms with van der Waals surface area (Å²) in [7, 11) is -3.57. The van der Waals surface area contributed by atoms with Gasteiger partial charge in [0.1, 0.15) is 11.9 Å². The fourth-order valence-corrected chi connectivity index (χ4v) is 3.96. The lowest BCUT2D eigenvalue weighted by atomic mass is 10.1. The molecule has 130 valence electrons. The molecule has 0 saturated heterocycles. The zero-order chi connectivity index (χ0) is 17.2. The van der Waals surface area contributed by atoms with Crippen molar-refractivity contribution in [2.45, 2.75) is 50.0 Å². The van der Waals surface area contributed by atoms with Gasteiger partial charge < -0.3 is 5.32 Å². The lowest BCUT2D eigenvalue weighted by molar-refractivity contribution is -0.122. The molecule has 0 spiro atoms. The quantitative estimate of drug-likeness (QED) is 0.787. The molecule has 2 aliphatic rings. The standard InChI is InChI=1S/C17H23N3O3S/c1-2-3-7-14(17(21)18-11-12-9-10-12)19-16-13-6-4-5-8-15(13)24(22,23)20-16/h4-6,8,12,14H,2-3,7,9-11H2,1H3,(H,18,21)(H,19,20). The number of rotatable bonds is 7. The van der Waals surface area contributed by atoms with Gasteiger partial charge in [-0.05, 0) is 37.3 Å². The van der Waals surface area contributed by atoms with Gasteiger partial charge in [0.2, 0.25) is 5.91 Å². The molecule has 1 aromatic carbocycles. The van der Waals surface area contributed by atoms with Gasteiger partial charge in [-0.3, -0.25) is 14.5 Å². The molecule has 24 heavy (non-hydrogen) atoms. The number of hydrogen-bond acceptors (Lipinski definition) is 4. The first-order valence-electron chi connectivity index (χ1n) is 8.49. The van der Waals surface area contributed by atoms with Gasteiger partial charge in [-0.25, -0.2) is 8.42 Å². The van der Waals surface area contributed by atoms with Crippen LogP contribution in [-0.2, 0) is 14.8 Å². The molecule has 1 unspecified atom stereocenters. The summed E-state index contributed by atoms with van der Waals surface area (Å²) in [5.74, 6) is 0.749. The van der Waals surface area contributed by atoms with E-state index in [2.05, 4.69) is 22.0 Å². The maximum Gasteiger partial charge on any atom is 0.263 e. The van der Waals surface area contributed by atoms with Gasteiger partial charge in [-0.15, -0.1) is 0 Å². The van der Waals surface area contributed by atoms with Gasteiger partial charge in [-0.1, -0.05) is 31.9 Å². The fraction of sp³-hybridized carbons (Fsp3) is 0.529. The van der Waals surface area contributed by atoms with Crippen LogP contribution in [0, 0.1) is 5.92 Å². The summed E-state index contributed by atoms with van der Waals surface area (Å²) in [6, 6.07) is 6.15. The molecule has 1 aromatic rings. The zero-order valence-corrected chi connectivity index (χ0v) is 14.6. The van der Waals surface area contributed by atoms with Gasteiger partial charge in [-0.2, -0.15) is 0 Å². The minimum Gasteiger partial charge on any atom is -0.354 e. The van der Waals surface area contributed by atoms with Crippen molar-refractivity contribution in [1.29, 1.82) is 0 Å². The second-order valence-electron chi connectivity index (χ2n) is 6.43. The lowest BCUT2D eigenvalue weighted by Gasteiger charge is -2.13. The minimum atomic E-state index is -3.57. The largest absolute Gasteiger partial charge is 0.354 e. The summed E-state index contributed by atoms with van der Waals surface area (Å²) in [6.07, 6.45) is 4.77. The number of amidine groups is 1. The van der Waals surface area contributed by atoms with Gasteiger partial charge >= 0.3 is 0 Å². The van der Waals surface area contributed by atoms with Crippen LogP contribution in [0.15, 0.2) is 34.2 Å². The van der Waals surface area contributed by atoms with E-state index < -0.39 is 16.1 Å². The predicted molar refractivity (Wildman–Crippen MR) is 92.3 cm³/mol. The minimum absolute atomic E-state index is 0.119. The van der Waals surface area contributed by atoms with Crippen LogP contribution in [0.25, 0.3) is 0 Å². The van der Waals surface area contributed by atoms with E-state index in [-0.39, 0.29) is 16.6 Å². The molecule has 1 aliphatic carbocycles. The number of unbranched alkanes of at least 4 members (excludes halogenated alkanes) is 1. The van der Waals surface area contributed by atoms with Crippen LogP contribution in [-0.4, -0.2) is 32.7 Å². The Labute approximate surface area is 142 Å². The van der Waals surface area contributed by atoms with Crippen molar-refractivity contribution in [3.63, 3.8) is 0 Å². The average molecular weight is 349 g/mol. The molecule has 7 heteroatoms. The molecular weight excluding hydrogens is 326 g/mol. The third-order valence-corrected chi connectivity index (χ3v) is 5.74. The molecular formula is C17H23N3O3S. The number of benzene rings is 1. The van der Waals surface area contributed by atoms with E-state index in [0.717, 1.165) is 12.8 Å². The van der Waals surface area contributed by atoms with Gasteiger partial charge in [0.25, 0.3) is 10.0 Å². The van der Waals surface area contributed by atoms with Crippen LogP contribution >= 0.6 is 0 Å². The third kappa shape index (κ3) is 3.77. The topological polar surface area (TPSA) is 87.6 Å². The van der Waals surface area contributed by atoms with Crippen molar-refractivity contribution in [3.8, 4) is 0 Å². The van der Waals surface area contributed by atoms with Crippen molar-refractivity contribution in [2.75, 3.05) is 6.54 Å². The number of fused-ring (bicyclic) bond motifs is 1. The Hall–Kier alpha value is -1.89. The molecule has 1 saturated carbocycles. The molecule has 1 aliphatic heterocycles. The predicted octanol–water partition coefficient (Wildman–Crippen LogP) is 1.81. The SMILES string of the molecule is CCCCC(N=C1NS(=O)(=O)c2ccccc21)C(=O)NCC1CC1. The van der Waals surface area contributed by atoms with Gasteiger partial charge in [0, 0.05) is 12.1 Å². The van der Waals surface area contributed by atoms with Crippen LogP contribution in [0.4, 0.5) is 0 Å². The molecule has 0 aromatic heterocycles. The van der Waals surface area contributed by atoms with E-state index in [1.54, 1.807) is 24.3 Å². The molecule has 1 fully saturated rings. The van der Waals surface area contributed by atoms with Crippen molar-refractivity contribution in [2.24, 2.45) is 10.9 Å². The second kappa shape index (κ2) is 6.93. The Morgan fingerprint density at radius 2 is 2.12 bits per heavy atom. The second-order valence-corrected chi connectivity index (χ2v) is 8.08. The van der Waals surface area contributed by atoms with Crippen LogP contribution in [0.5, 0.6) is 0 Å². The highest BCUT2D eigenvalue weighted by Gasteiger charge is 2.32. The molecule has 1 heterocycles. The first-order valence-corrected chi connectivity index (χ1v) is 9.97. The molecule has 0 radical (unpaired) electrons. The van der Waals surface area contributed by atoms with Crippen LogP contribution in [0.1, 0.15) is 44.6 Å². The normalized spacial score (nSPS) is 21.1. The van der Waals surface area contributed by atoms with E-state index in [1.165, 1.54) is 12.8 Å². The number of sulfonamides is 1. The van der Waals surface area contributed by atoms with E-state index >= 15 is 0 Å². The van der Waals surface area contributed by atoms with Crippen LogP contribution in [0.2, 0.25) is 0 Å². The molecule has 1 amide bonds. The van der Waals surface area contributed by atoms with E-state index in [0.29, 0.717) is 24.4 Å². The van der Waals surface area contributed by atoms with Gasteiger partial charge in [0.05, 0.1) is 4.90 Å². The van der Waals surface area contributed by atoms with E-state index in [9.17, 15) is 13.2 Å². The maximum atomic E-state index is 12.4. The highest BCUT2D eigenvalue weighted by molar-refractivity contribution is 7.90. The Balaban J connectivity index is 1.82. The van der Waals surface area contributed by atoms with Crippen molar-refractivity contribution >= 4 is 21.8 Å². The number of aliphatic imine (C=N–C) groups is 1. The molecule has 0 bridgehead atoms. The number of hydrogen-bond donors (Lipinski definition) is 2. The highest BCUT2D eigenvalue weighted by Crippen LogP contribution is 2.27. The molecule has 2 N–H and O–H groups in total. The maximum absolute atomic E-state index is 12.4. The number of amides is 1. The van der Waals surface area contributed by atoms with E-state index in [4.69, 9.17) is 0 Å². The highest BCUT2D eigenvalue weighted by atomic mass is 32.2. The Kier molecular flexibility index (Phi) is 4.89. The van der Waals surface area contributed by atoms with Crippen molar-refractivity contribution in [3.05, 3.63) is 29.8 Å².